The van der Waals surface area contributed by atoms with Gasteiger partial charge in [-0.1, -0.05) is 11.6 Å². The molecule has 2 rings (SSSR count). The fourth-order valence-electron chi connectivity index (χ4n) is 2.21. The first kappa shape index (κ1) is 13.3. The van der Waals surface area contributed by atoms with Crippen LogP contribution in [0.15, 0.2) is 11.4 Å². The van der Waals surface area contributed by atoms with Gasteiger partial charge in [0.05, 0.1) is 11.1 Å². The van der Waals surface area contributed by atoms with E-state index in [1.165, 1.54) is 24.3 Å². The zero-order valence-electron chi connectivity index (χ0n) is 10.5. The molecule has 1 saturated carbocycles. The summed E-state index contributed by atoms with van der Waals surface area (Å²) < 4.78 is 0. The Balaban J connectivity index is 2.12. The lowest BCUT2D eigenvalue weighted by Crippen LogP contribution is -2.39. The Bertz CT molecular complexity index is 360. The molecule has 4 heteroatoms. The van der Waals surface area contributed by atoms with Crippen LogP contribution in [0.25, 0.3) is 0 Å². The first-order chi connectivity index (χ1) is 8.11. The molecule has 1 aromatic rings. The minimum Gasteiger partial charge on any atom is -0.329 e. The zero-order valence-corrected chi connectivity index (χ0v) is 12.1. The van der Waals surface area contributed by atoms with E-state index in [1.54, 1.807) is 11.3 Å². The third-order valence-corrected chi connectivity index (χ3v) is 4.75. The molecule has 17 heavy (non-hydrogen) atoms. The summed E-state index contributed by atoms with van der Waals surface area (Å²) in [6, 6.07) is 2.92. The number of rotatable bonds is 6. The summed E-state index contributed by atoms with van der Waals surface area (Å²) in [6.07, 6.45) is 2.76. The van der Waals surface area contributed by atoms with Crippen LogP contribution in [0.2, 0.25) is 5.02 Å². The molecular formula is C13H21ClN2S. The highest BCUT2D eigenvalue weighted by atomic mass is 35.5. The van der Waals surface area contributed by atoms with Gasteiger partial charge < -0.3 is 5.73 Å². The maximum absolute atomic E-state index is 6.01. The molecule has 1 aliphatic rings. The number of hydrogen-bond acceptors (Lipinski definition) is 3. The monoisotopic (exact) mass is 272 g/mol. The molecule has 0 amide bonds. The van der Waals surface area contributed by atoms with Crippen molar-refractivity contribution in [2.24, 2.45) is 11.7 Å². The van der Waals surface area contributed by atoms with Crippen molar-refractivity contribution < 1.29 is 0 Å². The summed E-state index contributed by atoms with van der Waals surface area (Å²) in [5, 5.41) is 2.83. The van der Waals surface area contributed by atoms with E-state index < -0.39 is 0 Å². The van der Waals surface area contributed by atoms with Crippen molar-refractivity contribution >= 4 is 22.9 Å². The molecular weight excluding hydrogens is 252 g/mol. The molecule has 1 aliphatic carbocycles. The van der Waals surface area contributed by atoms with E-state index in [-0.39, 0.29) is 0 Å². The quantitative estimate of drug-likeness (QED) is 0.859. The molecule has 0 radical (unpaired) electrons. The maximum atomic E-state index is 6.01. The highest BCUT2D eigenvalue weighted by Gasteiger charge is 2.30. The second-order valence-corrected chi connectivity index (χ2v) is 6.53. The molecule has 0 aromatic carbocycles. The highest BCUT2D eigenvalue weighted by molar-refractivity contribution is 7.10. The second-order valence-electron chi connectivity index (χ2n) is 5.15. The van der Waals surface area contributed by atoms with E-state index in [0.29, 0.717) is 18.6 Å². The van der Waals surface area contributed by atoms with Crippen molar-refractivity contribution in [3.05, 3.63) is 21.3 Å². The van der Waals surface area contributed by atoms with Gasteiger partial charge in [0.25, 0.3) is 0 Å². The highest BCUT2D eigenvalue weighted by Crippen LogP contribution is 2.35. The molecule has 2 nitrogen and oxygen atoms in total. The lowest BCUT2D eigenvalue weighted by Gasteiger charge is -2.33. The predicted octanol–water partition coefficient (Wildman–Crippen LogP) is 3.52. The SMILES string of the molecule is CC(C)N(CC1CC1)C(CN)c1cc(Cl)cs1. The summed E-state index contributed by atoms with van der Waals surface area (Å²) in [7, 11) is 0. The number of hydrogen-bond donors (Lipinski definition) is 1. The fourth-order valence-corrected chi connectivity index (χ4v) is 3.43. The minimum absolute atomic E-state index is 0.327. The summed E-state index contributed by atoms with van der Waals surface area (Å²) in [5.74, 6) is 0.891. The molecule has 0 spiro atoms. The van der Waals surface area contributed by atoms with Crippen LogP contribution in [0.3, 0.4) is 0 Å². The van der Waals surface area contributed by atoms with Crippen LogP contribution in [0, 0.1) is 5.92 Å². The molecule has 1 atom stereocenters. The minimum atomic E-state index is 0.327. The largest absolute Gasteiger partial charge is 0.329 e. The third kappa shape index (κ3) is 3.44. The van der Waals surface area contributed by atoms with E-state index >= 15 is 0 Å². The smallest absolute Gasteiger partial charge is 0.0567 e. The van der Waals surface area contributed by atoms with Crippen molar-refractivity contribution in [3.63, 3.8) is 0 Å². The molecule has 1 aromatic heterocycles. The number of halogens is 1. The van der Waals surface area contributed by atoms with Crippen LogP contribution in [0.1, 0.15) is 37.6 Å². The lowest BCUT2D eigenvalue weighted by molar-refractivity contribution is 0.152. The summed E-state index contributed by atoms with van der Waals surface area (Å²) >= 11 is 7.74. The van der Waals surface area contributed by atoms with Crippen molar-refractivity contribution in [1.82, 2.24) is 4.90 Å². The van der Waals surface area contributed by atoms with E-state index in [1.807, 2.05) is 5.38 Å². The summed E-state index contributed by atoms with van der Waals surface area (Å²) in [4.78, 5) is 3.83. The van der Waals surface area contributed by atoms with Gasteiger partial charge in [0.15, 0.2) is 0 Å². The van der Waals surface area contributed by atoms with E-state index in [2.05, 4.69) is 24.8 Å². The van der Waals surface area contributed by atoms with Gasteiger partial charge in [0, 0.05) is 29.4 Å². The Morgan fingerprint density at radius 1 is 1.53 bits per heavy atom. The first-order valence-corrected chi connectivity index (χ1v) is 7.57. The van der Waals surface area contributed by atoms with Crippen LogP contribution < -0.4 is 5.73 Å². The van der Waals surface area contributed by atoms with Crippen LogP contribution in [0.4, 0.5) is 0 Å². The molecule has 0 bridgehead atoms. The van der Waals surface area contributed by atoms with Gasteiger partial charge in [0.2, 0.25) is 0 Å². The van der Waals surface area contributed by atoms with Gasteiger partial charge in [-0.3, -0.25) is 4.90 Å². The normalized spacial score (nSPS) is 18.0. The molecule has 2 N–H and O–H groups in total. The van der Waals surface area contributed by atoms with Crippen molar-refractivity contribution in [2.45, 2.75) is 38.8 Å². The van der Waals surface area contributed by atoms with Gasteiger partial charge in [-0.2, -0.15) is 0 Å². The van der Waals surface area contributed by atoms with Crippen LogP contribution in [0.5, 0.6) is 0 Å². The molecule has 1 fully saturated rings. The van der Waals surface area contributed by atoms with Crippen molar-refractivity contribution in [2.75, 3.05) is 13.1 Å². The third-order valence-electron chi connectivity index (χ3n) is 3.37. The average Bonchev–Trinajstić information content (AvgIpc) is 3.00. The van der Waals surface area contributed by atoms with Crippen LogP contribution in [-0.4, -0.2) is 24.0 Å². The molecule has 1 unspecified atom stereocenters. The van der Waals surface area contributed by atoms with Crippen LogP contribution >= 0.6 is 22.9 Å². The van der Waals surface area contributed by atoms with E-state index in [4.69, 9.17) is 17.3 Å². The number of nitrogens with zero attached hydrogens (tertiary/aromatic N) is 1. The Morgan fingerprint density at radius 2 is 2.24 bits per heavy atom. The predicted molar refractivity (Wildman–Crippen MR) is 75.7 cm³/mol. The molecule has 0 saturated heterocycles. The Kier molecular flexibility index (Phi) is 4.47. The van der Waals surface area contributed by atoms with Crippen molar-refractivity contribution in [3.8, 4) is 0 Å². The maximum Gasteiger partial charge on any atom is 0.0567 e. The second kappa shape index (κ2) is 5.70. The molecule has 96 valence electrons. The fraction of sp³-hybridized carbons (Fsp3) is 0.692. The van der Waals surface area contributed by atoms with Gasteiger partial charge in [-0.15, -0.1) is 11.3 Å². The van der Waals surface area contributed by atoms with E-state index in [0.717, 1.165) is 10.9 Å². The van der Waals surface area contributed by atoms with Gasteiger partial charge in [0.1, 0.15) is 0 Å². The van der Waals surface area contributed by atoms with Gasteiger partial charge in [-0.05, 0) is 38.7 Å². The standard InChI is InChI=1S/C13H21ClN2S/c1-9(2)16(7-10-3-4-10)12(6-15)13-5-11(14)8-17-13/h5,8-10,12H,3-4,6-7,15H2,1-2H3. The van der Waals surface area contributed by atoms with E-state index in [9.17, 15) is 0 Å². The van der Waals surface area contributed by atoms with Crippen LogP contribution in [-0.2, 0) is 0 Å². The molecule has 0 aliphatic heterocycles. The summed E-state index contributed by atoms with van der Waals surface area (Å²) in [5.41, 5.74) is 5.97. The Morgan fingerprint density at radius 3 is 2.65 bits per heavy atom. The summed E-state index contributed by atoms with van der Waals surface area (Å²) in [6.45, 7) is 6.34. The van der Waals surface area contributed by atoms with Crippen molar-refractivity contribution in [1.29, 1.82) is 0 Å². The Labute approximate surface area is 113 Å². The topological polar surface area (TPSA) is 29.3 Å². The van der Waals surface area contributed by atoms with Gasteiger partial charge in [-0.25, -0.2) is 0 Å². The van der Waals surface area contributed by atoms with Gasteiger partial charge >= 0.3 is 0 Å². The number of thiophene rings is 1. The molecule has 1 heterocycles. The number of nitrogens with two attached hydrogens (primary N) is 1. The zero-order chi connectivity index (χ0) is 12.4. The lowest BCUT2D eigenvalue weighted by atomic mass is 10.1. The average molecular weight is 273 g/mol. The Hall–Kier alpha value is -0.0900. The first-order valence-electron chi connectivity index (χ1n) is 6.31.